The Morgan fingerprint density at radius 1 is 1.57 bits per heavy atom. The minimum Gasteiger partial charge on any atom is -0.345 e. The predicted molar refractivity (Wildman–Crippen MR) is 83.6 cm³/mol. The zero-order valence-corrected chi connectivity index (χ0v) is 13.8. The molecule has 3 heterocycles. The first-order valence-corrected chi connectivity index (χ1v) is 7.32. The van der Waals surface area contributed by atoms with Gasteiger partial charge in [-0.05, 0) is 34.8 Å². The van der Waals surface area contributed by atoms with E-state index < -0.39 is 0 Å². The Morgan fingerprint density at radius 3 is 3.14 bits per heavy atom. The van der Waals surface area contributed by atoms with Crippen LogP contribution < -0.4 is 10.6 Å². The Labute approximate surface area is 136 Å². The molecule has 0 spiro atoms. The molecule has 2 atom stereocenters. The second-order valence-electron chi connectivity index (χ2n) is 5.00. The number of carbonyl (C=O) groups is 1. The lowest BCUT2D eigenvalue weighted by Gasteiger charge is -2.29. The molecule has 0 aromatic carbocycles. The van der Waals surface area contributed by atoms with Crippen LogP contribution in [0.4, 0.5) is 0 Å². The van der Waals surface area contributed by atoms with E-state index in [9.17, 15) is 4.79 Å². The van der Waals surface area contributed by atoms with Gasteiger partial charge in [0, 0.05) is 25.0 Å². The van der Waals surface area contributed by atoms with Gasteiger partial charge in [0.1, 0.15) is 0 Å². The maximum Gasteiger partial charge on any atom is 0.291 e. The highest BCUT2D eigenvalue weighted by molar-refractivity contribution is 9.10. The topological polar surface area (TPSA) is 84.2 Å². The second kappa shape index (κ2) is 6.67. The van der Waals surface area contributed by atoms with Gasteiger partial charge in [-0.15, -0.1) is 17.5 Å². The van der Waals surface area contributed by atoms with Gasteiger partial charge in [0.2, 0.25) is 5.82 Å². The van der Waals surface area contributed by atoms with Gasteiger partial charge < -0.3 is 10.6 Å². The number of carbonyl (C=O) groups excluding carboxylic acids is 1. The van der Waals surface area contributed by atoms with Crippen LogP contribution in [0, 0.1) is 5.92 Å². The number of hydrogen-bond donors (Lipinski definition) is 2. The third-order valence-electron chi connectivity index (χ3n) is 3.51. The quantitative estimate of drug-likeness (QED) is 0.819. The standard InChI is InChI=1S/C12H15BrN6O.ClH/c1-7-2-3-14-5-9(7)16-11(20)10-17-12-15-4-8(13)6-19(12)18-10;/h4,6-7,9,14H,2-3,5H2,1H3,(H,16,20);1H. The molecule has 7 nitrogen and oxygen atoms in total. The van der Waals surface area contributed by atoms with Crippen LogP contribution in [0.25, 0.3) is 5.78 Å². The normalized spacial score (nSPS) is 21.8. The number of piperidine rings is 1. The number of rotatable bonds is 2. The summed E-state index contributed by atoms with van der Waals surface area (Å²) < 4.78 is 2.27. The van der Waals surface area contributed by atoms with Crippen LogP contribution in [0.5, 0.6) is 0 Å². The molecule has 2 N–H and O–H groups in total. The molecule has 2 aromatic heterocycles. The molecule has 21 heavy (non-hydrogen) atoms. The Bertz CT molecular complexity index is 648. The average Bonchev–Trinajstić information content (AvgIpc) is 2.84. The van der Waals surface area contributed by atoms with Crippen molar-refractivity contribution in [3.63, 3.8) is 0 Å². The molecule has 0 saturated carbocycles. The molecular formula is C12H16BrClN6O. The number of aromatic nitrogens is 4. The molecule has 0 bridgehead atoms. The molecule has 9 heteroatoms. The summed E-state index contributed by atoms with van der Waals surface area (Å²) in [5.41, 5.74) is 0. The molecule has 114 valence electrons. The van der Waals surface area contributed by atoms with Crippen molar-refractivity contribution in [3.05, 3.63) is 22.7 Å². The van der Waals surface area contributed by atoms with Crippen LogP contribution in [0.3, 0.4) is 0 Å². The zero-order valence-electron chi connectivity index (χ0n) is 11.4. The molecule has 0 aliphatic carbocycles. The first-order chi connectivity index (χ1) is 9.63. The fourth-order valence-corrected chi connectivity index (χ4v) is 2.57. The molecule has 1 aliphatic heterocycles. The van der Waals surface area contributed by atoms with Crippen molar-refractivity contribution in [1.82, 2.24) is 30.2 Å². The SMILES string of the molecule is CC1CCNCC1NC(=O)c1nc2ncc(Br)cn2n1.Cl. The van der Waals surface area contributed by atoms with E-state index in [4.69, 9.17) is 0 Å². The number of halogens is 2. The van der Waals surface area contributed by atoms with Crippen molar-refractivity contribution in [1.29, 1.82) is 0 Å². The summed E-state index contributed by atoms with van der Waals surface area (Å²) in [6.07, 6.45) is 4.40. The van der Waals surface area contributed by atoms with Gasteiger partial charge in [-0.3, -0.25) is 4.79 Å². The van der Waals surface area contributed by atoms with E-state index in [1.54, 1.807) is 12.4 Å². The summed E-state index contributed by atoms with van der Waals surface area (Å²) in [6.45, 7) is 3.92. The molecule has 1 saturated heterocycles. The summed E-state index contributed by atoms with van der Waals surface area (Å²) in [5, 5.41) is 10.4. The van der Waals surface area contributed by atoms with Crippen molar-refractivity contribution in [2.24, 2.45) is 5.92 Å². The fraction of sp³-hybridized carbons (Fsp3) is 0.500. The van der Waals surface area contributed by atoms with Crippen molar-refractivity contribution in [2.75, 3.05) is 13.1 Å². The largest absolute Gasteiger partial charge is 0.345 e. The summed E-state index contributed by atoms with van der Waals surface area (Å²) in [7, 11) is 0. The van der Waals surface area contributed by atoms with Crippen LogP contribution >= 0.6 is 28.3 Å². The first kappa shape index (κ1) is 16.1. The number of hydrogen-bond acceptors (Lipinski definition) is 5. The number of amides is 1. The summed E-state index contributed by atoms with van der Waals surface area (Å²) >= 11 is 3.31. The van der Waals surface area contributed by atoms with E-state index in [0.717, 1.165) is 24.0 Å². The Morgan fingerprint density at radius 2 is 2.38 bits per heavy atom. The summed E-state index contributed by atoms with van der Waals surface area (Å²) in [6, 6.07) is 0.113. The van der Waals surface area contributed by atoms with E-state index >= 15 is 0 Å². The lowest BCUT2D eigenvalue weighted by atomic mass is 9.95. The summed E-state index contributed by atoms with van der Waals surface area (Å²) in [5.74, 6) is 0.748. The van der Waals surface area contributed by atoms with Crippen molar-refractivity contribution in [2.45, 2.75) is 19.4 Å². The maximum atomic E-state index is 12.2. The smallest absolute Gasteiger partial charge is 0.291 e. The molecular weight excluding hydrogens is 360 g/mol. The highest BCUT2D eigenvalue weighted by Gasteiger charge is 2.24. The van der Waals surface area contributed by atoms with Gasteiger partial charge in [0.15, 0.2) is 0 Å². The first-order valence-electron chi connectivity index (χ1n) is 6.53. The molecule has 2 aromatic rings. The Balaban J connectivity index is 0.00000161. The number of nitrogens with zero attached hydrogens (tertiary/aromatic N) is 4. The van der Waals surface area contributed by atoms with Crippen LogP contribution in [-0.2, 0) is 0 Å². The summed E-state index contributed by atoms with van der Waals surface area (Å²) in [4.78, 5) is 20.4. The third kappa shape index (κ3) is 3.50. The third-order valence-corrected chi connectivity index (χ3v) is 3.92. The maximum absolute atomic E-state index is 12.2. The average molecular weight is 376 g/mol. The highest BCUT2D eigenvalue weighted by atomic mass is 79.9. The van der Waals surface area contributed by atoms with E-state index in [1.807, 2.05) is 0 Å². The van der Waals surface area contributed by atoms with Crippen molar-refractivity contribution < 1.29 is 4.79 Å². The van der Waals surface area contributed by atoms with Gasteiger partial charge in [-0.25, -0.2) is 9.50 Å². The predicted octanol–water partition coefficient (Wildman–Crippen LogP) is 1.04. The Kier molecular flexibility index (Phi) is 5.13. The lowest BCUT2D eigenvalue weighted by molar-refractivity contribution is 0.0905. The van der Waals surface area contributed by atoms with E-state index in [1.165, 1.54) is 4.52 Å². The van der Waals surface area contributed by atoms with Gasteiger partial charge in [-0.2, -0.15) is 4.98 Å². The number of fused-ring (bicyclic) bond motifs is 1. The second-order valence-corrected chi connectivity index (χ2v) is 5.92. The highest BCUT2D eigenvalue weighted by Crippen LogP contribution is 2.12. The van der Waals surface area contributed by atoms with Gasteiger partial charge in [0.25, 0.3) is 11.7 Å². The molecule has 1 amide bonds. The monoisotopic (exact) mass is 374 g/mol. The van der Waals surface area contributed by atoms with Gasteiger partial charge >= 0.3 is 0 Å². The van der Waals surface area contributed by atoms with Gasteiger partial charge in [-0.1, -0.05) is 6.92 Å². The molecule has 1 aliphatic rings. The van der Waals surface area contributed by atoms with E-state index in [2.05, 4.69) is 48.6 Å². The fourth-order valence-electron chi connectivity index (χ4n) is 2.27. The van der Waals surface area contributed by atoms with Crippen LogP contribution in [0.1, 0.15) is 24.0 Å². The van der Waals surface area contributed by atoms with Gasteiger partial charge in [0.05, 0.1) is 4.47 Å². The lowest BCUT2D eigenvalue weighted by Crippen LogP contribution is -2.50. The van der Waals surface area contributed by atoms with E-state index in [0.29, 0.717) is 11.7 Å². The Hall–Kier alpha value is -1.25. The van der Waals surface area contributed by atoms with Crippen molar-refractivity contribution >= 4 is 40.0 Å². The zero-order chi connectivity index (χ0) is 14.1. The van der Waals surface area contributed by atoms with Crippen LogP contribution in [0.2, 0.25) is 0 Å². The molecule has 3 rings (SSSR count). The minimum absolute atomic E-state index is 0. The van der Waals surface area contributed by atoms with Crippen molar-refractivity contribution in [3.8, 4) is 0 Å². The van der Waals surface area contributed by atoms with Crippen LogP contribution in [-0.4, -0.2) is 44.6 Å². The molecule has 1 fully saturated rings. The molecule has 2 unspecified atom stereocenters. The minimum atomic E-state index is -0.257. The number of nitrogens with one attached hydrogen (secondary N) is 2. The van der Waals surface area contributed by atoms with Crippen LogP contribution in [0.15, 0.2) is 16.9 Å². The molecule has 0 radical (unpaired) electrons. The van der Waals surface area contributed by atoms with E-state index in [-0.39, 0.29) is 30.2 Å².